The van der Waals surface area contributed by atoms with E-state index in [1.807, 2.05) is 0 Å². The van der Waals surface area contributed by atoms with Crippen LogP contribution >= 0.6 is 0 Å². The Morgan fingerprint density at radius 3 is 2.27 bits per heavy atom. The number of rotatable bonds is 7. The number of benzene rings is 2. The summed E-state index contributed by atoms with van der Waals surface area (Å²) in [6.07, 6.45) is -0.916. The highest BCUT2D eigenvalue weighted by atomic mass is 19.1. The van der Waals surface area contributed by atoms with E-state index >= 15 is 0 Å². The smallest absolute Gasteiger partial charge is 0.279 e. The first-order valence-electron chi connectivity index (χ1n) is 8.05. The van der Waals surface area contributed by atoms with Crippen LogP contribution in [0, 0.1) is 5.82 Å². The molecule has 0 saturated heterocycles. The van der Waals surface area contributed by atoms with E-state index in [1.54, 1.807) is 30.3 Å². The molecule has 2 amide bonds. The molecule has 2 rings (SSSR count). The summed E-state index contributed by atoms with van der Waals surface area (Å²) in [4.78, 5) is 35.5. The van der Waals surface area contributed by atoms with Crippen LogP contribution in [0.25, 0.3) is 0 Å². The van der Waals surface area contributed by atoms with Crippen LogP contribution in [0.5, 0.6) is 5.75 Å². The van der Waals surface area contributed by atoms with Crippen LogP contribution in [0.3, 0.4) is 0 Å². The van der Waals surface area contributed by atoms with Crippen LogP contribution in [0.2, 0.25) is 0 Å². The Bertz CT molecular complexity index is 763. The largest absolute Gasteiger partial charge is 0.481 e. The molecule has 0 fully saturated rings. The molecule has 6 nitrogen and oxygen atoms in total. The molecule has 0 saturated carbocycles. The van der Waals surface area contributed by atoms with E-state index in [9.17, 15) is 18.8 Å². The molecule has 0 unspecified atom stereocenters. The van der Waals surface area contributed by atoms with Gasteiger partial charge in [-0.05, 0) is 31.2 Å². The van der Waals surface area contributed by atoms with Gasteiger partial charge in [-0.1, -0.05) is 30.3 Å². The summed E-state index contributed by atoms with van der Waals surface area (Å²) in [5.41, 5.74) is 5.00. The van der Waals surface area contributed by atoms with Crippen molar-refractivity contribution in [3.05, 3.63) is 66.0 Å². The Morgan fingerprint density at radius 2 is 1.62 bits per heavy atom. The minimum absolute atomic E-state index is 0.0351. The Hall–Kier alpha value is -3.22. The molecule has 136 valence electrons. The monoisotopic (exact) mass is 358 g/mol. The fourth-order valence-corrected chi connectivity index (χ4v) is 2.06. The highest BCUT2D eigenvalue weighted by Gasteiger charge is 2.16. The zero-order chi connectivity index (χ0) is 18.9. The fourth-order valence-electron chi connectivity index (χ4n) is 2.06. The van der Waals surface area contributed by atoms with Gasteiger partial charge in [-0.15, -0.1) is 0 Å². The second-order valence-corrected chi connectivity index (χ2v) is 5.54. The predicted octanol–water partition coefficient (Wildman–Crippen LogP) is 2.40. The van der Waals surface area contributed by atoms with Crippen molar-refractivity contribution in [1.29, 1.82) is 0 Å². The van der Waals surface area contributed by atoms with Crippen LogP contribution in [0.1, 0.15) is 30.1 Å². The number of ketones is 1. The second-order valence-electron chi connectivity index (χ2n) is 5.54. The van der Waals surface area contributed by atoms with E-state index in [2.05, 4.69) is 10.9 Å². The van der Waals surface area contributed by atoms with Crippen LogP contribution in [-0.4, -0.2) is 23.7 Å². The molecular weight excluding hydrogens is 339 g/mol. The second kappa shape index (κ2) is 9.31. The van der Waals surface area contributed by atoms with Crippen molar-refractivity contribution < 1.29 is 23.5 Å². The van der Waals surface area contributed by atoms with Crippen molar-refractivity contribution in [3.63, 3.8) is 0 Å². The first kappa shape index (κ1) is 19.1. The van der Waals surface area contributed by atoms with E-state index in [4.69, 9.17) is 4.74 Å². The van der Waals surface area contributed by atoms with Crippen molar-refractivity contribution in [3.8, 4) is 5.75 Å². The maximum absolute atomic E-state index is 12.8. The lowest BCUT2D eigenvalue weighted by molar-refractivity contribution is -0.132. The Balaban J connectivity index is 1.71. The molecule has 7 heteroatoms. The quantitative estimate of drug-likeness (QED) is 0.588. The molecule has 0 aliphatic heterocycles. The number of ether oxygens (including phenoxy) is 1. The normalized spacial score (nSPS) is 11.3. The van der Waals surface area contributed by atoms with Crippen molar-refractivity contribution in [1.82, 2.24) is 10.9 Å². The van der Waals surface area contributed by atoms with Crippen LogP contribution in [-0.2, 0) is 9.59 Å². The highest BCUT2D eigenvalue weighted by molar-refractivity contribution is 5.98. The summed E-state index contributed by atoms with van der Waals surface area (Å²) in [6, 6.07) is 13.9. The van der Waals surface area contributed by atoms with Gasteiger partial charge in [0.25, 0.3) is 5.91 Å². The molecule has 26 heavy (non-hydrogen) atoms. The molecule has 0 radical (unpaired) electrons. The van der Waals surface area contributed by atoms with Gasteiger partial charge >= 0.3 is 0 Å². The van der Waals surface area contributed by atoms with Gasteiger partial charge in [0.05, 0.1) is 0 Å². The third kappa shape index (κ3) is 6.01. The summed E-state index contributed by atoms with van der Waals surface area (Å²) in [5, 5.41) is 0. The molecule has 0 aromatic heterocycles. The van der Waals surface area contributed by atoms with Gasteiger partial charge in [-0.3, -0.25) is 25.2 Å². The molecule has 0 bridgehead atoms. The molecular formula is C19H19FN2O4. The van der Waals surface area contributed by atoms with Crippen molar-refractivity contribution in [2.75, 3.05) is 0 Å². The van der Waals surface area contributed by atoms with E-state index in [-0.39, 0.29) is 18.6 Å². The Morgan fingerprint density at radius 1 is 0.962 bits per heavy atom. The number of carbonyl (C=O) groups is 3. The summed E-state index contributed by atoms with van der Waals surface area (Å²) in [6.45, 7) is 1.49. The lowest BCUT2D eigenvalue weighted by Gasteiger charge is -2.15. The fraction of sp³-hybridized carbons (Fsp3) is 0.211. The minimum atomic E-state index is -0.897. The number of hydrogen-bond acceptors (Lipinski definition) is 4. The standard InChI is InChI=1S/C19H19FN2O4/c1-13(26-16-9-7-15(20)8-10-16)19(25)22-21-18(24)12-11-17(23)14-5-3-2-4-6-14/h2-10,13H,11-12H2,1H3,(H,21,24)(H,22,25)/t13-/m0/s1. The SMILES string of the molecule is C[C@H](Oc1ccc(F)cc1)C(=O)NNC(=O)CCC(=O)c1ccccc1. The van der Waals surface area contributed by atoms with Crippen molar-refractivity contribution in [2.24, 2.45) is 0 Å². The first-order valence-corrected chi connectivity index (χ1v) is 8.05. The van der Waals surface area contributed by atoms with Gasteiger partial charge < -0.3 is 4.74 Å². The van der Waals surface area contributed by atoms with Gasteiger partial charge in [0.2, 0.25) is 5.91 Å². The maximum Gasteiger partial charge on any atom is 0.279 e. The van der Waals surface area contributed by atoms with E-state index in [1.165, 1.54) is 31.2 Å². The van der Waals surface area contributed by atoms with Crippen LogP contribution in [0.15, 0.2) is 54.6 Å². The lowest BCUT2D eigenvalue weighted by Crippen LogP contribution is -2.47. The zero-order valence-corrected chi connectivity index (χ0v) is 14.2. The number of carbonyl (C=O) groups excluding carboxylic acids is 3. The minimum Gasteiger partial charge on any atom is -0.481 e. The molecule has 2 aromatic carbocycles. The molecule has 0 aliphatic carbocycles. The van der Waals surface area contributed by atoms with E-state index in [0.717, 1.165) is 0 Å². The lowest BCUT2D eigenvalue weighted by atomic mass is 10.1. The zero-order valence-electron chi connectivity index (χ0n) is 14.2. The first-order chi connectivity index (χ1) is 12.5. The number of Topliss-reactive ketones (excluding diaryl/α,β-unsaturated/α-hetero) is 1. The third-order valence-electron chi connectivity index (χ3n) is 3.50. The number of amides is 2. The predicted molar refractivity (Wildman–Crippen MR) is 92.8 cm³/mol. The Kier molecular flexibility index (Phi) is 6.84. The van der Waals surface area contributed by atoms with Gasteiger partial charge in [-0.2, -0.15) is 0 Å². The summed E-state index contributed by atoms with van der Waals surface area (Å²) in [7, 11) is 0. The van der Waals surface area contributed by atoms with Gasteiger partial charge in [0.15, 0.2) is 11.9 Å². The maximum atomic E-state index is 12.8. The van der Waals surface area contributed by atoms with Gasteiger partial charge in [0, 0.05) is 18.4 Å². The summed E-state index contributed by atoms with van der Waals surface area (Å²) < 4.78 is 18.2. The average molecular weight is 358 g/mol. The number of halogens is 1. The van der Waals surface area contributed by atoms with Gasteiger partial charge in [0.1, 0.15) is 11.6 Å². The van der Waals surface area contributed by atoms with Crippen molar-refractivity contribution >= 4 is 17.6 Å². The van der Waals surface area contributed by atoms with E-state index in [0.29, 0.717) is 11.3 Å². The Labute approximate surface area is 150 Å². The summed E-state index contributed by atoms with van der Waals surface area (Å²) >= 11 is 0. The topological polar surface area (TPSA) is 84.5 Å². The number of hydrogen-bond donors (Lipinski definition) is 2. The van der Waals surface area contributed by atoms with Crippen LogP contribution < -0.4 is 15.6 Å². The average Bonchev–Trinajstić information content (AvgIpc) is 2.66. The van der Waals surface area contributed by atoms with Crippen molar-refractivity contribution in [2.45, 2.75) is 25.9 Å². The van der Waals surface area contributed by atoms with Crippen LogP contribution in [0.4, 0.5) is 4.39 Å². The molecule has 2 N–H and O–H groups in total. The molecule has 2 aromatic rings. The van der Waals surface area contributed by atoms with Gasteiger partial charge in [-0.25, -0.2) is 4.39 Å². The molecule has 1 atom stereocenters. The highest BCUT2D eigenvalue weighted by Crippen LogP contribution is 2.12. The third-order valence-corrected chi connectivity index (χ3v) is 3.50. The van der Waals surface area contributed by atoms with E-state index < -0.39 is 23.7 Å². The number of nitrogens with one attached hydrogen (secondary N) is 2. The molecule has 0 heterocycles. The molecule has 0 spiro atoms. The summed E-state index contributed by atoms with van der Waals surface area (Å²) in [5.74, 6) is -1.30. The number of hydrazine groups is 1. The molecule has 0 aliphatic rings.